The lowest BCUT2D eigenvalue weighted by Crippen LogP contribution is -2.43. The van der Waals surface area contributed by atoms with Gasteiger partial charge in [0.2, 0.25) is 0 Å². The van der Waals surface area contributed by atoms with Crippen LogP contribution in [0.2, 0.25) is 0 Å². The summed E-state index contributed by atoms with van der Waals surface area (Å²) in [5, 5.41) is 0. The van der Waals surface area contributed by atoms with E-state index in [1.807, 2.05) is 24.3 Å². The predicted octanol–water partition coefficient (Wildman–Crippen LogP) is 0.397. The summed E-state index contributed by atoms with van der Waals surface area (Å²) in [6.45, 7) is 0.353. The highest BCUT2D eigenvalue weighted by atomic mass is 79.9. The molecule has 1 rings (SSSR count). The van der Waals surface area contributed by atoms with Gasteiger partial charge in [0, 0.05) is 18.1 Å². The number of carbonyl (C=O) groups excluding carboxylic acids is 2. The summed E-state index contributed by atoms with van der Waals surface area (Å²) in [5.41, 5.74) is 2.73. The summed E-state index contributed by atoms with van der Waals surface area (Å²) in [4.78, 5) is 23.7. The van der Waals surface area contributed by atoms with Gasteiger partial charge in [-0.2, -0.15) is 0 Å². The molecule has 0 saturated heterocycles. The van der Waals surface area contributed by atoms with E-state index < -0.39 is 11.8 Å². The van der Waals surface area contributed by atoms with Crippen molar-refractivity contribution in [2.24, 2.45) is 5.84 Å². The minimum atomic E-state index is -0.822. The molecule has 0 aliphatic heterocycles. The van der Waals surface area contributed by atoms with Crippen LogP contribution in [0.25, 0.3) is 0 Å². The number of hydrazine groups is 1. The Kier molecular flexibility index (Phi) is 4.45. The molecule has 0 aliphatic carbocycles. The van der Waals surface area contributed by atoms with Gasteiger partial charge in [0.15, 0.2) is 0 Å². The van der Waals surface area contributed by atoms with E-state index in [0.717, 1.165) is 10.0 Å². The van der Waals surface area contributed by atoms with Gasteiger partial charge in [-0.3, -0.25) is 15.0 Å². The van der Waals surface area contributed by atoms with E-state index in [0.29, 0.717) is 6.54 Å². The smallest absolute Gasteiger partial charge is 0.323 e. The number of hydrogen-bond donors (Lipinski definition) is 2. The monoisotopic (exact) mass is 285 g/mol. The zero-order chi connectivity index (χ0) is 12.1. The lowest BCUT2D eigenvalue weighted by atomic mass is 10.2. The molecule has 1 aromatic carbocycles. The maximum atomic E-state index is 11.4. The van der Waals surface area contributed by atoms with Gasteiger partial charge in [-0.05, 0) is 17.7 Å². The highest BCUT2D eigenvalue weighted by Crippen LogP contribution is 2.12. The lowest BCUT2D eigenvalue weighted by Gasteiger charge is -2.15. The predicted molar refractivity (Wildman–Crippen MR) is 62.9 cm³/mol. The minimum absolute atomic E-state index is 0.353. The van der Waals surface area contributed by atoms with Crippen LogP contribution in [-0.2, 0) is 16.1 Å². The van der Waals surface area contributed by atoms with Crippen LogP contribution in [0.4, 0.5) is 0 Å². The summed E-state index contributed by atoms with van der Waals surface area (Å²) in [6, 6.07) is 7.50. The van der Waals surface area contributed by atoms with Crippen LogP contribution in [0.1, 0.15) is 5.56 Å². The number of likely N-dealkylation sites (N-methyl/N-ethyl adjacent to an activating group) is 1. The Morgan fingerprint density at radius 3 is 2.75 bits per heavy atom. The third kappa shape index (κ3) is 3.32. The largest absolute Gasteiger partial charge is 0.333 e. The average Bonchev–Trinajstić information content (AvgIpc) is 2.27. The summed E-state index contributed by atoms with van der Waals surface area (Å²) in [7, 11) is 1.54. The van der Waals surface area contributed by atoms with Crippen molar-refractivity contribution in [3.8, 4) is 0 Å². The van der Waals surface area contributed by atoms with Crippen LogP contribution in [0, 0.1) is 0 Å². The van der Waals surface area contributed by atoms with E-state index in [1.54, 1.807) is 12.5 Å². The maximum absolute atomic E-state index is 11.4. The number of halogens is 1. The first kappa shape index (κ1) is 12.7. The Morgan fingerprint density at radius 1 is 1.50 bits per heavy atom. The van der Waals surface area contributed by atoms with Crippen LogP contribution in [-0.4, -0.2) is 23.8 Å². The molecule has 0 saturated carbocycles. The average molecular weight is 286 g/mol. The SMILES string of the molecule is CN(Cc1cccc(Br)c1)C(=O)C(=O)NN. The van der Waals surface area contributed by atoms with Gasteiger partial charge in [0.25, 0.3) is 0 Å². The van der Waals surface area contributed by atoms with Gasteiger partial charge in [0.05, 0.1) is 0 Å². The fourth-order valence-corrected chi connectivity index (χ4v) is 1.66. The molecule has 1 aromatic rings. The third-order valence-electron chi connectivity index (χ3n) is 1.98. The van der Waals surface area contributed by atoms with E-state index in [9.17, 15) is 9.59 Å². The van der Waals surface area contributed by atoms with Gasteiger partial charge < -0.3 is 4.90 Å². The van der Waals surface area contributed by atoms with Crippen LogP contribution in [0.5, 0.6) is 0 Å². The number of nitrogens with two attached hydrogens (primary N) is 1. The van der Waals surface area contributed by atoms with E-state index in [2.05, 4.69) is 15.9 Å². The molecule has 0 bridgehead atoms. The Bertz CT molecular complexity index is 409. The normalized spacial score (nSPS) is 9.69. The second-order valence-corrected chi connectivity index (χ2v) is 4.18. The van der Waals surface area contributed by atoms with E-state index in [1.165, 1.54) is 4.90 Å². The highest BCUT2D eigenvalue weighted by molar-refractivity contribution is 9.10. The number of rotatable bonds is 2. The first-order chi connectivity index (χ1) is 7.54. The second kappa shape index (κ2) is 5.62. The Labute approximate surface area is 102 Å². The van der Waals surface area contributed by atoms with Crippen molar-refractivity contribution >= 4 is 27.7 Å². The molecule has 0 radical (unpaired) electrons. The molecule has 86 valence electrons. The summed E-state index contributed by atoms with van der Waals surface area (Å²) < 4.78 is 0.925. The molecule has 0 unspecified atom stereocenters. The number of amides is 2. The van der Waals surface area contributed by atoms with E-state index in [4.69, 9.17) is 5.84 Å². The zero-order valence-corrected chi connectivity index (χ0v) is 10.3. The summed E-state index contributed by atoms with van der Waals surface area (Å²) >= 11 is 3.33. The summed E-state index contributed by atoms with van der Waals surface area (Å²) in [6.07, 6.45) is 0. The quantitative estimate of drug-likeness (QED) is 0.357. The van der Waals surface area contributed by atoms with Crippen LogP contribution in [0.15, 0.2) is 28.7 Å². The number of nitrogens with zero attached hydrogens (tertiary/aromatic N) is 1. The van der Waals surface area contributed by atoms with Gasteiger partial charge in [-0.1, -0.05) is 28.1 Å². The number of hydrogen-bond acceptors (Lipinski definition) is 3. The molecule has 0 heterocycles. The van der Waals surface area contributed by atoms with Crippen molar-refractivity contribution in [3.63, 3.8) is 0 Å². The highest BCUT2D eigenvalue weighted by Gasteiger charge is 2.17. The van der Waals surface area contributed by atoms with Gasteiger partial charge in [-0.15, -0.1) is 0 Å². The van der Waals surface area contributed by atoms with Crippen LogP contribution < -0.4 is 11.3 Å². The van der Waals surface area contributed by atoms with Crippen molar-refractivity contribution in [1.29, 1.82) is 0 Å². The maximum Gasteiger partial charge on any atom is 0.323 e. The van der Waals surface area contributed by atoms with Crippen molar-refractivity contribution in [2.75, 3.05) is 7.05 Å². The number of carbonyl (C=O) groups is 2. The van der Waals surface area contributed by atoms with Crippen LogP contribution >= 0.6 is 15.9 Å². The summed E-state index contributed by atoms with van der Waals surface area (Å²) in [5.74, 6) is 3.39. The van der Waals surface area contributed by atoms with Gasteiger partial charge >= 0.3 is 11.8 Å². The van der Waals surface area contributed by atoms with Gasteiger partial charge in [-0.25, -0.2) is 5.84 Å². The Hall–Kier alpha value is -1.40. The first-order valence-electron chi connectivity index (χ1n) is 4.55. The van der Waals surface area contributed by atoms with E-state index >= 15 is 0 Å². The van der Waals surface area contributed by atoms with Crippen molar-refractivity contribution in [2.45, 2.75) is 6.54 Å². The van der Waals surface area contributed by atoms with Crippen molar-refractivity contribution < 1.29 is 9.59 Å². The third-order valence-corrected chi connectivity index (χ3v) is 2.47. The molecule has 2 amide bonds. The molecular weight excluding hydrogens is 274 g/mol. The fourth-order valence-electron chi connectivity index (χ4n) is 1.22. The topological polar surface area (TPSA) is 75.4 Å². The molecule has 6 heteroatoms. The molecule has 0 atom stereocenters. The molecule has 0 aliphatic rings. The first-order valence-corrected chi connectivity index (χ1v) is 5.34. The fraction of sp³-hybridized carbons (Fsp3) is 0.200. The molecule has 16 heavy (non-hydrogen) atoms. The Morgan fingerprint density at radius 2 is 2.19 bits per heavy atom. The molecule has 0 spiro atoms. The zero-order valence-electron chi connectivity index (χ0n) is 8.74. The molecule has 0 fully saturated rings. The molecule has 0 aromatic heterocycles. The standard InChI is InChI=1S/C10H12BrN3O2/c1-14(10(16)9(15)13-12)6-7-3-2-4-8(11)5-7/h2-5H,6,12H2,1H3,(H,13,15). The van der Waals surface area contributed by atoms with Crippen molar-refractivity contribution in [1.82, 2.24) is 10.3 Å². The molecule has 3 N–H and O–H groups in total. The number of benzene rings is 1. The lowest BCUT2D eigenvalue weighted by molar-refractivity contribution is -0.145. The van der Waals surface area contributed by atoms with Crippen molar-refractivity contribution in [3.05, 3.63) is 34.3 Å². The number of nitrogens with one attached hydrogen (secondary N) is 1. The van der Waals surface area contributed by atoms with E-state index in [-0.39, 0.29) is 0 Å². The second-order valence-electron chi connectivity index (χ2n) is 3.26. The Balaban J connectivity index is 2.67. The molecule has 5 nitrogen and oxygen atoms in total. The van der Waals surface area contributed by atoms with Crippen LogP contribution in [0.3, 0.4) is 0 Å². The van der Waals surface area contributed by atoms with Gasteiger partial charge in [0.1, 0.15) is 0 Å². The molecular formula is C10H12BrN3O2. The minimum Gasteiger partial charge on any atom is -0.333 e.